The number of nitrogens with zero attached hydrogens (tertiary/aromatic N) is 1. The van der Waals surface area contributed by atoms with Crippen molar-refractivity contribution in [3.63, 3.8) is 0 Å². The van der Waals surface area contributed by atoms with Crippen molar-refractivity contribution in [2.24, 2.45) is 0 Å². The van der Waals surface area contributed by atoms with Gasteiger partial charge in [0.1, 0.15) is 0 Å². The zero-order chi connectivity index (χ0) is 16.5. The van der Waals surface area contributed by atoms with Crippen LogP contribution in [0.15, 0.2) is 0 Å². The zero-order valence-electron chi connectivity index (χ0n) is 14.9. The third kappa shape index (κ3) is 11.2. The summed E-state index contributed by atoms with van der Waals surface area (Å²) in [6, 6.07) is 3.13. The minimum absolute atomic E-state index is 0.662. The number of hydrogen-bond donors (Lipinski definition) is 0. The molecule has 0 aliphatic rings. The summed E-state index contributed by atoms with van der Waals surface area (Å²) in [5.74, 6) is 0. The lowest BCUT2D eigenvalue weighted by atomic mass is 10.1. The molecule has 0 spiro atoms. The molecule has 0 unspecified atom stereocenters. The Balaban J connectivity index is 3.73. The number of hydrogen-bond acceptors (Lipinski definition) is 4. The van der Waals surface area contributed by atoms with Gasteiger partial charge in [-0.15, -0.1) is 0 Å². The third-order valence-corrected chi connectivity index (χ3v) is 6.77. The van der Waals surface area contributed by atoms with E-state index in [2.05, 4.69) is 6.07 Å². The molecule has 4 nitrogen and oxygen atoms in total. The Hall–Kier alpha value is -0.413. The second-order valence-corrected chi connectivity index (χ2v) is 8.20. The second kappa shape index (κ2) is 15.5. The van der Waals surface area contributed by atoms with Crippen LogP contribution in [0.5, 0.6) is 0 Å². The minimum Gasteiger partial charge on any atom is -0.374 e. The van der Waals surface area contributed by atoms with Crippen molar-refractivity contribution in [1.29, 1.82) is 5.26 Å². The summed E-state index contributed by atoms with van der Waals surface area (Å²) in [5.41, 5.74) is 0. The van der Waals surface area contributed by atoms with Gasteiger partial charge in [0.2, 0.25) is 0 Å². The van der Waals surface area contributed by atoms with Crippen LogP contribution < -0.4 is 0 Å². The van der Waals surface area contributed by atoms with Crippen molar-refractivity contribution < 1.29 is 13.3 Å². The average Bonchev–Trinajstić information content (AvgIpc) is 2.50. The lowest BCUT2D eigenvalue weighted by Gasteiger charge is -2.28. The van der Waals surface area contributed by atoms with Crippen LogP contribution in [0.3, 0.4) is 0 Å². The van der Waals surface area contributed by atoms with Crippen LogP contribution in [-0.2, 0) is 13.3 Å². The monoisotopic (exact) mass is 329 g/mol. The Morgan fingerprint density at radius 2 is 1.09 bits per heavy atom. The summed E-state index contributed by atoms with van der Waals surface area (Å²) >= 11 is 0. The van der Waals surface area contributed by atoms with E-state index in [0.717, 1.165) is 18.9 Å². The first-order valence-electron chi connectivity index (χ1n) is 9.03. The summed E-state index contributed by atoms with van der Waals surface area (Å²) in [7, 11) is -2.42. The predicted molar refractivity (Wildman–Crippen MR) is 92.6 cm³/mol. The van der Waals surface area contributed by atoms with E-state index in [4.69, 9.17) is 18.5 Å². The van der Waals surface area contributed by atoms with E-state index in [1.165, 1.54) is 38.5 Å². The van der Waals surface area contributed by atoms with Gasteiger partial charge in [-0.25, -0.2) is 0 Å². The van der Waals surface area contributed by atoms with Crippen LogP contribution >= 0.6 is 0 Å². The maximum atomic E-state index is 8.47. The fourth-order valence-electron chi connectivity index (χ4n) is 2.61. The Kier molecular flexibility index (Phi) is 15.2. The minimum atomic E-state index is -2.42. The zero-order valence-corrected chi connectivity index (χ0v) is 15.9. The molecule has 0 aromatic carbocycles. The standard InChI is InChI=1S/C17H35NO3Si/c1-4-19-22(20-5-2,21-6-3)17-15-13-11-9-7-8-10-12-14-16-18/h4-15,17H2,1-3H3. The molecule has 0 aliphatic heterocycles. The van der Waals surface area contributed by atoms with E-state index in [-0.39, 0.29) is 0 Å². The maximum absolute atomic E-state index is 8.47. The second-order valence-electron chi connectivity index (χ2n) is 5.47. The molecular formula is C17H35NO3Si. The van der Waals surface area contributed by atoms with E-state index in [0.29, 0.717) is 26.2 Å². The molecule has 5 heteroatoms. The van der Waals surface area contributed by atoms with E-state index < -0.39 is 8.80 Å². The fraction of sp³-hybridized carbons (Fsp3) is 0.941. The molecule has 0 rings (SSSR count). The van der Waals surface area contributed by atoms with Crippen LogP contribution in [0, 0.1) is 11.3 Å². The Morgan fingerprint density at radius 3 is 1.50 bits per heavy atom. The Labute approximate surface area is 138 Å². The molecule has 130 valence electrons. The average molecular weight is 330 g/mol. The number of rotatable bonds is 16. The summed E-state index contributed by atoms with van der Waals surface area (Å²) in [5, 5.41) is 8.47. The predicted octanol–water partition coefficient (Wildman–Crippen LogP) is 5.07. The molecule has 0 saturated heterocycles. The van der Waals surface area contributed by atoms with E-state index in [1.54, 1.807) is 0 Å². The highest BCUT2D eigenvalue weighted by Crippen LogP contribution is 2.20. The Bertz CT molecular complexity index is 265. The summed E-state index contributed by atoms with van der Waals surface area (Å²) in [6.45, 7) is 8.00. The van der Waals surface area contributed by atoms with E-state index in [1.807, 2.05) is 20.8 Å². The van der Waals surface area contributed by atoms with Gasteiger partial charge >= 0.3 is 8.80 Å². The van der Waals surface area contributed by atoms with Gasteiger partial charge in [0.05, 0.1) is 6.07 Å². The van der Waals surface area contributed by atoms with Gasteiger partial charge in [-0.05, 0) is 33.6 Å². The quantitative estimate of drug-likeness (QED) is 0.293. The van der Waals surface area contributed by atoms with Gasteiger partial charge in [-0.1, -0.05) is 38.5 Å². The normalized spacial score (nSPS) is 11.5. The van der Waals surface area contributed by atoms with Crippen LogP contribution in [-0.4, -0.2) is 28.6 Å². The molecular weight excluding hydrogens is 294 g/mol. The summed E-state index contributed by atoms with van der Waals surface area (Å²) in [6.07, 6.45) is 10.4. The first-order valence-corrected chi connectivity index (χ1v) is 11.0. The molecule has 0 atom stereocenters. The maximum Gasteiger partial charge on any atom is 0.500 e. The molecule has 0 fully saturated rings. The summed E-state index contributed by atoms with van der Waals surface area (Å²) in [4.78, 5) is 0. The smallest absolute Gasteiger partial charge is 0.374 e. The van der Waals surface area contributed by atoms with Crippen molar-refractivity contribution in [1.82, 2.24) is 0 Å². The first-order chi connectivity index (χ1) is 10.7. The highest BCUT2D eigenvalue weighted by Gasteiger charge is 2.39. The molecule has 0 aromatic rings. The lowest BCUT2D eigenvalue weighted by molar-refractivity contribution is 0.0706. The van der Waals surface area contributed by atoms with Crippen molar-refractivity contribution in [3.05, 3.63) is 0 Å². The lowest BCUT2D eigenvalue weighted by Crippen LogP contribution is -2.45. The Morgan fingerprint density at radius 1 is 0.682 bits per heavy atom. The van der Waals surface area contributed by atoms with Crippen LogP contribution in [0.1, 0.15) is 78.6 Å². The van der Waals surface area contributed by atoms with Crippen molar-refractivity contribution in [2.45, 2.75) is 84.6 Å². The highest BCUT2D eigenvalue weighted by atomic mass is 28.4. The van der Waals surface area contributed by atoms with Crippen molar-refractivity contribution in [3.8, 4) is 6.07 Å². The molecule has 0 saturated carbocycles. The van der Waals surface area contributed by atoms with Gasteiger partial charge in [0, 0.05) is 32.3 Å². The highest BCUT2D eigenvalue weighted by molar-refractivity contribution is 6.60. The molecule has 0 N–H and O–H groups in total. The molecule has 0 aliphatic carbocycles. The molecule has 0 radical (unpaired) electrons. The molecule has 0 heterocycles. The van der Waals surface area contributed by atoms with Gasteiger partial charge in [-0.2, -0.15) is 5.26 Å². The SMILES string of the molecule is CCO[Si](CCCCCCCCCCC#N)(OCC)OCC. The van der Waals surface area contributed by atoms with Crippen molar-refractivity contribution in [2.75, 3.05) is 19.8 Å². The van der Waals surface area contributed by atoms with E-state index >= 15 is 0 Å². The summed E-state index contributed by atoms with van der Waals surface area (Å²) < 4.78 is 17.6. The van der Waals surface area contributed by atoms with E-state index in [9.17, 15) is 0 Å². The number of nitriles is 1. The molecule has 0 aromatic heterocycles. The molecule has 0 amide bonds. The van der Waals surface area contributed by atoms with Crippen LogP contribution in [0.2, 0.25) is 6.04 Å². The largest absolute Gasteiger partial charge is 0.500 e. The van der Waals surface area contributed by atoms with Gasteiger partial charge in [0.15, 0.2) is 0 Å². The van der Waals surface area contributed by atoms with Crippen molar-refractivity contribution >= 4 is 8.80 Å². The van der Waals surface area contributed by atoms with Crippen LogP contribution in [0.25, 0.3) is 0 Å². The third-order valence-electron chi connectivity index (χ3n) is 3.61. The topological polar surface area (TPSA) is 51.5 Å². The van der Waals surface area contributed by atoms with Crippen LogP contribution in [0.4, 0.5) is 0 Å². The number of unbranched alkanes of at least 4 members (excludes halogenated alkanes) is 8. The molecule has 0 bridgehead atoms. The fourth-order valence-corrected chi connectivity index (χ4v) is 5.29. The van der Waals surface area contributed by atoms with Gasteiger partial charge in [-0.3, -0.25) is 0 Å². The van der Waals surface area contributed by atoms with Gasteiger partial charge in [0.25, 0.3) is 0 Å². The van der Waals surface area contributed by atoms with Gasteiger partial charge < -0.3 is 13.3 Å². The molecule has 22 heavy (non-hydrogen) atoms. The first kappa shape index (κ1) is 21.6.